The number of amides is 2. The third kappa shape index (κ3) is 5.35. The lowest BCUT2D eigenvalue weighted by molar-refractivity contribution is 0.249. The lowest BCUT2D eigenvalue weighted by Crippen LogP contribution is -2.31. The van der Waals surface area contributed by atoms with Gasteiger partial charge in [0.2, 0.25) is 0 Å². The molecule has 0 spiro atoms. The number of benzene rings is 3. The average molecular weight is 466 g/mol. The van der Waals surface area contributed by atoms with Crippen molar-refractivity contribution in [2.75, 3.05) is 12.4 Å². The number of nitrogens with one attached hydrogen (secondary N) is 3. The molecule has 0 saturated heterocycles. The topological polar surface area (TPSA) is 96.5 Å². The fourth-order valence-corrected chi connectivity index (χ4v) is 5.42. The Morgan fingerprint density at radius 1 is 1.03 bits per heavy atom. The first-order valence-corrected chi connectivity index (χ1v) is 12.4. The molecule has 0 fully saturated rings. The summed E-state index contributed by atoms with van der Waals surface area (Å²) in [6, 6.07) is 19.4. The van der Waals surface area contributed by atoms with Gasteiger partial charge in [-0.3, -0.25) is 0 Å². The Balaban J connectivity index is 1.47. The van der Waals surface area contributed by atoms with Gasteiger partial charge in [-0.2, -0.15) is 0 Å². The van der Waals surface area contributed by atoms with Gasteiger partial charge in [0.25, 0.3) is 0 Å². The van der Waals surface area contributed by atoms with Gasteiger partial charge in [-0.1, -0.05) is 48.5 Å². The van der Waals surface area contributed by atoms with Gasteiger partial charge >= 0.3 is 6.03 Å². The van der Waals surface area contributed by atoms with Gasteiger partial charge in [-0.25, -0.2) is 13.2 Å². The van der Waals surface area contributed by atoms with E-state index in [1.54, 1.807) is 6.07 Å². The molecular formula is C25H27N3O4S. The third-order valence-electron chi connectivity index (χ3n) is 5.66. The second-order valence-electron chi connectivity index (χ2n) is 8.06. The van der Waals surface area contributed by atoms with E-state index in [2.05, 4.69) is 16.0 Å². The second kappa shape index (κ2) is 9.64. The molecule has 0 aromatic heterocycles. The summed E-state index contributed by atoms with van der Waals surface area (Å²) in [5.74, 6) is 0.0603. The molecule has 3 aromatic carbocycles. The van der Waals surface area contributed by atoms with Crippen molar-refractivity contribution in [2.24, 2.45) is 0 Å². The Hall–Kier alpha value is -3.36. The van der Waals surface area contributed by atoms with Crippen LogP contribution in [-0.2, 0) is 28.7 Å². The van der Waals surface area contributed by atoms with E-state index < -0.39 is 15.9 Å². The number of anilines is 1. The number of fused-ring (bicyclic) bond motifs is 1. The van der Waals surface area contributed by atoms with Crippen molar-refractivity contribution in [1.82, 2.24) is 10.6 Å². The van der Waals surface area contributed by atoms with Crippen molar-refractivity contribution in [3.05, 3.63) is 89.0 Å². The molecule has 172 valence electrons. The van der Waals surface area contributed by atoms with Crippen LogP contribution in [0.15, 0.2) is 71.6 Å². The van der Waals surface area contributed by atoms with Crippen molar-refractivity contribution < 1.29 is 17.9 Å². The van der Waals surface area contributed by atoms with Crippen LogP contribution in [0.25, 0.3) is 0 Å². The van der Waals surface area contributed by atoms with E-state index in [4.69, 9.17) is 4.74 Å². The molecule has 3 aromatic rings. The predicted octanol–water partition coefficient (Wildman–Crippen LogP) is 4.16. The molecular weight excluding hydrogens is 438 g/mol. The molecule has 3 N–H and O–H groups in total. The minimum atomic E-state index is -3.65. The van der Waals surface area contributed by atoms with Crippen LogP contribution in [-0.4, -0.2) is 21.6 Å². The van der Waals surface area contributed by atoms with Gasteiger partial charge < -0.3 is 20.7 Å². The van der Waals surface area contributed by atoms with Crippen LogP contribution in [0.5, 0.6) is 5.75 Å². The SMILES string of the molecule is COc1cc(NC(=O)NC(C)c2ccccc2)ccc1S(=O)(=O)Cc1ccc2c(c1)CNC2. The number of sulfone groups is 1. The van der Waals surface area contributed by atoms with Crippen molar-refractivity contribution in [3.63, 3.8) is 0 Å². The molecule has 0 aliphatic carbocycles. The Kier molecular flexibility index (Phi) is 6.67. The van der Waals surface area contributed by atoms with Crippen LogP contribution in [0.2, 0.25) is 0 Å². The Bertz CT molecular complexity index is 1260. The van der Waals surface area contributed by atoms with Crippen molar-refractivity contribution in [3.8, 4) is 5.75 Å². The molecule has 4 rings (SSSR count). The van der Waals surface area contributed by atoms with Gasteiger partial charge in [0, 0.05) is 24.8 Å². The van der Waals surface area contributed by atoms with Gasteiger partial charge in [-0.05, 0) is 41.3 Å². The van der Waals surface area contributed by atoms with Gasteiger partial charge in [0.15, 0.2) is 9.84 Å². The number of hydrogen-bond acceptors (Lipinski definition) is 5. The van der Waals surface area contributed by atoms with Crippen LogP contribution in [0.3, 0.4) is 0 Å². The highest BCUT2D eigenvalue weighted by atomic mass is 32.2. The highest BCUT2D eigenvalue weighted by Crippen LogP contribution is 2.30. The molecule has 1 aliphatic rings. The molecule has 1 atom stereocenters. The average Bonchev–Trinajstić information content (AvgIpc) is 3.27. The summed E-state index contributed by atoms with van der Waals surface area (Å²) in [4.78, 5) is 12.5. The van der Waals surface area contributed by atoms with E-state index in [0.29, 0.717) is 5.69 Å². The van der Waals surface area contributed by atoms with Crippen LogP contribution < -0.4 is 20.7 Å². The minimum Gasteiger partial charge on any atom is -0.495 e. The largest absolute Gasteiger partial charge is 0.495 e. The van der Waals surface area contributed by atoms with E-state index in [0.717, 1.165) is 29.8 Å². The molecule has 8 heteroatoms. The van der Waals surface area contributed by atoms with Gasteiger partial charge in [0.05, 0.1) is 18.9 Å². The van der Waals surface area contributed by atoms with E-state index >= 15 is 0 Å². The van der Waals surface area contributed by atoms with Crippen LogP contribution in [0.1, 0.15) is 35.2 Å². The fourth-order valence-electron chi connectivity index (χ4n) is 3.93. The van der Waals surface area contributed by atoms with Crippen molar-refractivity contribution in [2.45, 2.75) is 36.7 Å². The molecule has 7 nitrogen and oxygen atoms in total. The Morgan fingerprint density at radius 3 is 2.55 bits per heavy atom. The Labute approximate surface area is 194 Å². The van der Waals surface area contributed by atoms with Crippen molar-refractivity contribution in [1.29, 1.82) is 0 Å². The number of carbonyl (C=O) groups excluding carboxylic acids is 1. The van der Waals surface area contributed by atoms with Gasteiger partial charge in [-0.15, -0.1) is 0 Å². The first-order valence-electron chi connectivity index (χ1n) is 10.7. The first-order chi connectivity index (χ1) is 15.9. The lowest BCUT2D eigenvalue weighted by atomic mass is 10.1. The van der Waals surface area contributed by atoms with Crippen LogP contribution >= 0.6 is 0 Å². The third-order valence-corrected chi connectivity index (χ3v) is 7.38. The second-order valence-corrected chi connectivity index (χ2v) is 10.0. The zero-order chi connectivity index (χ0) is 23.4. The van der Waals surface area contributed by atoms with E-state index in [1.165, 1.54) is 24.8 Å². The molecule has 2 amide bonds. The monoisotopic (exact) mass is 465 g/mol. The zero-order valence-electron chi connectivity index (χ0n) is 18.6. The molecule has 0 saturated carbocycles. The van der Waals surface area contributed by atoms with Crippen molar-refractivity contribution >= 4 is 21.6 Å². The number of methoxy groups -OCH3 is 1. The molecule has 0 radical (unpaired) electrons. The predicted molar refractivity (Wildman–Crippen MR) is 128 cm³/mol. The number of rotatable bonds is 7. The van der Waals surface area contributed by atoms with Crippen LogP contribution in [0, 0.1) is 0 Å². The molecule has 1 unspecified atom stereocenters. The van der Waals surface area contributed by atoms with E-state index in [-0.39, 0.29) is 22.4 Å². The summed E-state index contributed by atoms with van der Waals surface area (Å²) >= 11 is 0. The molecule has 1 aliphatic heterocycles. The van der Waals surface area contributed by atoms with E-state index in [9.17, 15) is 13.2 Å². The number of ether oxygens (including phenoxy) is 1. The quantitative estimate of drug-likeness (QED) is 0.487. The summed E-state index contributed by atoms with van der Waals surface area (Å²) in [7, 11) is -2.23. The summed E-state index contributed by atoms with van der Waals surface area (Å²) in [6.45, 7) is 3.44. The summed E-state index contributed by atoms with van der Waals surface area (Å²) in [6.07, 6.45) is 0. The summed E-state index contributed by atoms with van der Waals surface area (Å²) in [5, 5.41) is 8.87. The summed E-state index contributed by atoms with van der Waals surface area (Å²) < 4.78 is 31.6. The summed E-state index contributed by atoms with van der Waals surface area (Å²) in [5.41, 5.74) is 4.48. The maximum Gasteiger partial charge on any atom is 0.319 e. The molecule has 0 bridgehead atoms. The maximum atomic E-state index is 13.1. The van der Waals surface area contributed by atoms with E-state index in [1.807, 2.05) is 55.5 Å². The highest BCUT2D eigenvalue weighted by molar-refractivity contribution is 7.90. The lowest BCUT2D eigenvalue weighted by Gasteiger charge is -2.16. The molecule has 1 heterocycles. The number of carbonyl (C=O) groups is 1. The molecule has 33 heavy (non-hydrogen) atoms. The smallest absolute Gasteiger partial charge is 0.319 e. The Morgan fingerprint density at radius 2 is 1.79 bits per heavy atom. The standard InChI is InChI=1S/C25H27N3O4S/c1-17(19-6-4-3-5-7-19)27-25(29)28-22-10-11-24(23(13-22)32-2)33(30,31)16-18-8-9-20-14-26-15-21(20)12-18/h3-13,17,26H,14-16H2,1-2H3,(H2,27,28,29). The normalized spacial score (nSPS) is 13.8. The fraction of sp³-hybridized carbons (Fsp3) is 0.240. The minimum absolute atomic E-state index is 0.0900. The zero-order valence-corrected chi connectivity index (χ0v) is 19.4. The number of urea groups is 1. The highest BCUT2D eigenvalue weighted by Gasteiger charge is 2.22. The van der Waals surface area contributed by atoms with Crippen LogP contribution in [0.4, 0.5) is 10.5 Å². The first kappa shape index (κ1) is 22.8. The maximum absolute atomic E-state index is 13.1. The van der Waals surface area contributed by atoms with Gasteiger partial charge in [0.1, 0.15) is 10.6 Å². The number of hydrogen-bond donors (Lipinski definition) is 3.